The molecule has 160 valence electrons. The van der Waals surface area contributed by atoms with Crippen molar-refractivity contribution in [2.24, 2.45) is 0 Å². The van der Waals surface area contributed by atoms with Crippen molar-refractivity contribution in [1.82, 2.24) is 19.8 Å². The number of aromatic nitrogens is 2. The summed E-state index contributed by atoms with van der Waals surface area (Å²) >= 11 is 0. The lowest BCUT2D eigenvalue weighted by Crippen LogP contribution is -2.40. The van der Waals surface area contributed by atoms with Gasteiger partial charge in [0.15, 0.2) is 0 Å². The van der Waals surface area contributed by atoms with Gasteiger partial charge in [-0.2, -0.15) is 0 Å². The monoisotopic (exact) mass is 416 g/mol. The lowest BCUT2D eigenvalue weighted by molar-refractivity contribution is -0.131. The third kappa shape index (κ3) is 4.01. The first kappa shape index (κ1) is 20.7. The topological polar surface area (TPSA) is 69.3 Å². The van der Waals surface area contributed by atoms with Gasteiger partial charge in [-0.05, 0) is 44.9 Å². The van der Waals surface area contributed by atoms with Crippen LogP contribution in [-0.4, -0.2) is 44.8 Å². The summed E-state index contributed by atoms with van der Waals surface area (Å²) in [6.07, 6.45) is 1.92. The van der Waals surface area contributed by atoms with Gasteiger partial charge in [0, 0.05) is 37.7 Å². The highest BCUT2D eigenvalue weighted by molar-refractivity contribution is 5.79. The summed E-state index contributed by atoms with van der Waals surface area (Å²) in [5.41, 5.74) is 1.36. The zero-order chi connectivity index (χ0) is 21.4. The number of nitrogens with zero attached hydrogens (tertiary/aromatic N) is 3. The second-order valence-electron chi connectivity index (χ2n) is 8.35. The molecule has 8 heteroatoms. The van der Waals surface area contributed by atoms with Crippen molar-refractivity contribution in [2.75, 3.05) is 13.1 Å². The SMILES string of the molecule is CC(C)N1CCc2nc(C3CCCN3C(=O)Cc3cc(F)ccc3F)[nH]c(=O)c2C1. The number of hydrogen-bond acceptors (Lipinski definition) is 4. The fourth-order valence-corrected chi connectivity index (χ4v) is 4.36. The van der Waals surface area contributed by atoms with Crippen LogP contribution in [0, 0.1) is 11.6 Å². The molecule has 1 aromatic heterocycles. The van der Waals surface area contributed by atoms with Crippen LogP contribution < -0.4 is 5.56 Å². The van der Waals surface area contributed by atoms with Crippen LogP contribution in [0.5, 0.6) is 0 Å². The highest BCUT2D eigenvalue weighted by Crippen LogP contribution is 2.31. The summed E-state index contributed by atoms with van der Waals surface area (Å²) in [7, 11) is 0. The lowest BCUT2D eigenvalue weighted by atomic mass is 10.0. The van der Waals surface area contributed by atoms with Crippen molar-refractivity contribution in [3.63, 3.8) is 0 Å². The predicted molar refractivity (Wildman–Crippen MR) is 108 cm³/mol. The van der Waals surface area contributed by atoms with E-state index < -0.39 is 11.6 Å². The molecule has 30 heavy (non-hydrogen) atoms. The molecule has 1 N–H and O–H groups in total. The summed E-state index contributed by atoms with van der Waals surface area (Å²) in [4.78, 5) is 37.1. The first-order valence-electron chi connectivity index (χ1n) is 10.4. The number of benzene rings is 1. The summed E-state index contributed by atoms with van der Waals surface area (Å²) in [6, 6.07) is 3.11. The Hall–Kier alpha value is -2.61. The van der Waals surface area contributed by atoms with Crippen molar-refractivity contribution in [2.45, 2.75) is 58.2 Å². The minimum atomic E-state index is -0.601. The summed E-state index contributed by atoms with van der Waals surface area (Å²) < 4.78 is 27.4. The smallest absolute Gasteiger partial charge is 0.255 e. The number of H-pyrrole nitrogens is 1. The number of carbonyl (C=O) groups excluding carboxylic acids is 1. The molecule has 3 heterocycles. The van der Waals surface area contributed by atoms with Gasteiger partial charge in [-0.15, -0.1) is 0 Å². The maximum Gasteiger partial charge on any atom is 0.255 e. The molecule has 1 saturated heterocycles. The van der Waals surface area contributed by atoms with E-state index in [9.17, 15) is 18.4 Å². The van der Waals surface area contributed by atoms with Gasteiger partial charge in [-0.25, -0.2) is 13.8 Å². The van der Waals surface area contributed by atoms with Gasteiger partial charge in [-0.3, -0.25) is 14.5 Å². The van der Waals surface area contributed by atoms with Crippen LogP contribution in [0.1, 0.15) is 55.4 Å². The fourth-order valence-electron chi connectivity index (χ4n) is 4.36. The van der Waals surface area contributed by atoms with Crippen molar-refractivity contribution in [3.05, 3.63) is 62.8 Å². The molecule has 2 aromatic rings. The van der Waals surface area contributed by atoms with E-state index in [-0.39, 0.29) is 29.5 Å². The maximum atomic E-state index is 14.0. The van der Waals surface area contributed by atoms with Crippen LogP contribution in [0.3, 0.4) is 0 Å². The Balaban J connectivity index is 1.56. The molecule has 0 saturated carbocycles. The number of rotatable bonds is 4. The molecule has 0 bridgehead atoms. The van der Waals surface area contributed by atoms with Gasteiger partial charge in [0.1, 0.15) is 17.5 Å². The molecule has 1 unspecified atom stereocenters. The van der Waals surface area contributed by atoms with Crippen LogP contribution in [0.4, 0.5) is 8.78 Å². The second-order valence-corrected chi connectivity index (χ2v) is 8.35. The molecular formula is C22H26F2N4O2. The van der Waals surface area contributed by atoms with E-state index in [2.05, 4.69) is 23.7 Å². The Kier molecular flexibility index (Phi) is 5.69. The molecule has 0 radical (unpaired) electrons. The van der Waals surface area contributed by atoms with Crippen LogP contribution in [0.2, 0.25) is 0 Å². The first-order valence-corrected chi connectivity index (χ1v) is 10.4. The Morgan fingerprint density at radius 1 is 1.30 bits per heavy atom. The van der Waals surface area contributed by atoms with E-state index in [1.165, 1.54) is 0 Å². The third-order valence-corrected chi connectivity index (χ3v) is 6.08. The summed E-state index contributed by atoms with van der Waals surface area (Å²) in [5, 5.41) is 0. The molecule has 0 spiro atoms. The van der Waals surface area contributed by atoms with Gasteiger partial charge < -0.3 is 9.88 Å². The molecular weight excluding hydrogens is 390 g/mol. The highest BCUT2D eigenvalue weighted by atomic mass is 19.1. The average molecular weight is 416 g/mol. The molecule has 4 rings (SSSR count). The normalized spacial score (nSPS) is 19.4. The zero-order valence-electron chi connectivity index (χ0n) is 17.3. The molecule has 1 fully saturated rings. The third-order valence-electron chi connectivity index (χ3n) is 6.08. The Bertz CT molecular complexity index is 1020. The maximum absolute atomic E-state index is 14.0. The number of nitrogens with one attached hydrogen (secondary N) is 1. The standard InChI is InChI=1S/C22H26F2N4O2/c1-13(2)27-9-7-18-16(12-27)22(30)26-21(25-18)19-4-3-8-28(19)20(29)11-14-10-15(23)5-6-17(14)24/h5-6,10,13,19H,3-4,7-9,11-12H2,1-2H3,(H,25,26,30). The molecule has 2 aliphatic rings. The molecule has 2 aliphatic heterocycles. The molecule has 1 atom stereocenters. The van der Waals surface area contributed by atoms with Gasteiger partial charge in [0.05, 0.1) is 23.7 Å². The van der Waals surface area contributed by atoms with E-state index >= 15 is 0 Å². The first-order chi connectivity index (χ1) is 14.3. The average Bonchev–Trinajstić information content (AvgIpc) is 3.20. The molecule has 6 nitrogen and oxygen atoms in total. The van der Waals surface area contributed by atoms with Crippen molar-refractivity contribution < 1.29 is 13.6 Å². The Labute approximate surface area is 173 Å². The quantitative estimate of drug-likeness (QED) is 0.832. The van der Waals surface area contributed by atoms with Gasteiger partial charge in [0.25, 0.3) is 5.56 Å². The van der Waals surface area contributed by atoms with Crippen LogP contribution in [0.15, 0.2) is 23.0 Å². The number of hydrogen-bond donors (Lipinski definition) is 1. The minimum absolute atomic E-state index is 0.0336. The van der Waals surface area contributed by atoms with Crippen molar-refractivity contribution in [3.8, 4) is 0 Å². The summed E-state index contributed by atoms with van der Waals surface area (Å²) in [6.45, 7) is 6.12. The van der Waals surface area contributed by atoms with Crippen molar-refractivity contribution >= 4 is 5.91 Å². The van der Waals surface area contributed by atoms with E-state index in [0.717, 1.165) is 36.9 Å². The Morgan fingerprint density at radius 3 is 2.87 bits per heavy atom. The molecule has 1 aromatic carbocycles. The largest absolute Gasteiger partial charge is 0.332 e. The van der Waals surface area contributed by atoms with Crippen LogP contribution in [0.25, 0.3) is 0 Å². The second kappa shape index (κ2) is 8.26. The van der Waals surface area contributed by atoms with E-state index in [1.54, 1.807) is 4.90 Å². The number of likely N-dealkylation sites (tertiary alicyclic amines) is 1. The minimum Gasteiger partial charge on any atom is -0.332 e. The predicted octanol–water partition coefficient (Wildman–Crippen LogP) is 2.72. The van der Waals surface area contributed by atoms with E-state index in [1.807, 2.05) is 0 Å². The van der Waals surface area contributed by atoms with E-state index in [4.69, 9.17) is 4.98 Å². The van der Waals surface area contributed by atoms with Crippen molar-refractivity contribution in [1.29, 1.82) is 0 Å². The number of carbonyl (C=O) groups is 1. The fraction of sp³-hybridized carbons (Fsp3) is 0.500. The lowest BCUT2D eigenvalue weighted by Gasteiger charge is -2.31. The van der Waals surface area contributed by atoms with Gasteiger partial charge >= 0.3 is 0 Å². The Morgan fingerprint density at radius 2 is 2.10 bits per heavy atom. The number of aromatic amines is 1. The van der Waals surface area contributed by atoms with Gasteiger partial charge in [0.2, 0.25) is 5.91 Å². The highest BCUT2D eigenvalue weighted by Gasteiger charge is 2.33. The summed E-state index contributed by atoms with van der Waals surface area (Å²) in [5.74, 6) is -0.987. The number of fused-ring (bicyclic) bond motifs is 1. The molecule has 0 aliphatic carbocycles. The molecule has 1 amide bonds. The number of amides is 1. The number of halogens is 2. The zero-order valence-corrected chi connectivity index (χ0v) is 17.3. The van der Waals surface area contributed by atoms with Crippen LogP contribution >= 0.6 is 0 Å². The van der Waals surface area contributed by atoms with Gasteiger partial charge in [-0.1, -0.05) is 0 Å². The van der Waals surface area contributed by atoms with Crippen LogP contribution in [-0.2, 0) is 24.2 Å². The van der Waals surface area contributed by atoms with E-state index in [0.29, 0.717) is 43.4 Å².